The number of carboxylic acids is 1. The molecule has 1 saturated heterocycles. The molecule has 1 heterocycles. The quantitative estimate of drug-likeness (QED) is 0.856. The van der Waals surface area contributed by atoms with Crippen LogP contribution in [-0.4, -0.2) is 35.2 Å². The minimum atomic E-state index is -0.734. The van der Waals surface area contributed by atoms with E-state index in [1.165, 1.54) is 0 Å². The second-order valence-corrected chi connectivity index (χ2v) is 5.76. The molecule has 0 saturated carbocycles. The highest BCUT2D eigenvalue weighted by Gasteiger charge is 2.23. The molecule has 23 heavy (non-hydrogen) atoms. The highest BCUT2D eigenvalue weighted by atomic mass is 35.5. The van der Waals surface area contributed by atoms with Gasteiger partial charge in [0.2, 0.25) is 0 Å². The van der Waals surface area contributed by atoms with Gasteiger partial charge in [0.05, 0.1) is 0 Å². The molecule has 0 aromatic heterocycles. The molecule has 0 bridgehead atoms. The van der Waals surface area contributed by atoms with Crippen molar-refractivity contribution in [2.24, 2.45) is 5.92 Å². The van der Waals surface area contributed by atoms with Crippen molar-refractivity contribution in [3.05, 3.63) is 35.9 Å². The van der Waals surface area contributed by atoms with Gasteiger partial charge in [-0.3, -0.25) is 4.79 Å². The van der Waals surface area contributed by atoms with Gasteiger partial charge >= 0.3 is 12.1 Å². The number of likely N-dealkylation sites (tertiary alicyclic amines) is 1. The molecule has 0 radical (unpaired) electrons. The van der Waals surface area contributed by atoms with Crippen LogP contribution in [0.5, 0.6) is 0 Å². The van der Waals surface area contributed by atoms with E-state index < -0.39 is 5.97 Å². The Bertz CT molecular complexity index is 487. The van der Waals surface area contributed by atoms with Gasteiger partial charge < -0.3 is 14.7 Å². The predicted octanol–water partition coefficient (Wildman–Crippen LogP) is 3.71. The van der Waals surface area contributed by atoms with E-state index in [2.05, 4.69) is 0 Å². The third kappa shape index (κ3) is 6.91. The van der Waals surface area contributed by atoms with Crippen molar-refractivity contribution in [2.75, 3.05) is 13.1 Å². The largest absolute Gasteiger partial charge is 0.481 e. The monoisotopic (exact) mass is 341 g/mol. The summed E-state index contributed by atoms with van der Waals surface area (Å²) in [4.78, 5) is 24.3. The minimum Gasteiger partial charge on any atom is -0.481 e. The van der Waals surface area contributed by atoms with Crippen molar-refractivity contribution in [1.29, 1.82) is 0 Å². The number of aliphatic carboxylic acids is 1. The van der Waals surface area contributed by atoms with Crippen LogP contribution >= 0.6 is 12.4 Å². The fourth-order valence-corrected chi connectivity index (χ4v) is 2.76. The highest BCUT2D eigenvalue weighted by molar-refractivity contribution is 5.85. The van der Waals surface area contributed by atoms with Gasteiger partial charge in [-0.1, -0.05) is 30.3 Å². The van der Waals surface area contributed by atoms with Crippen LogP contribution in [0.4, 0.5) is 4.79 Å². The number of halogens is 1. The molecule has 1 amide bonds. The van der Waals surface area contributed by atoms with Gasteiger partial charge in [-0.05, 0) is 37.2 Å². The maximum absolute atomic E-state index is 12.0. The molecule has 1 aromatic rings. The molecule has 0 unspecified atom stereocenters. The molecular formula is C17H24ClNO4. The zero-order chi connectivity index (χ0) is 15.8. The van der Waals surface area contributed by atoms with Gasteiger partial charge in [0.25, 0.3) is 0 Å². The number of rotatable bonds is 6. The smallest absolute Gasteiger partial charge is 0.410 e. The molecule has 6 heteroatoms. The van der Waals surface area contributed by atoms with E-state index in [1.807, 2.05) is 30.3 Å². The Hall–Kier alpha value is -1.75. The van der Waals surface area contributed by atoms with Crippen LogP contribution < -0.4 is 0 Å². The van der Waals surface area contributed by atoms with E-state index in [0.717, 1.165) is 31.2 Å². The van der Waals surface area contributed by atoms with Gasteiger partial charge in [-0.2, -0.15) is 0 Å². The number of nitrogens with zero attached hydrogens (tertiary/aromatic N) is 1. The SMILES string of the molecule is Cl.O=C(O)CCCC1CCN(C(=O)OCc2ccccc2)CC1. The Labute approximate surface area is 143 Å². The van der Waals surface area contributed by atoms with Gasteiger partial charge in [0.15, 0.2) is 0 Å². The maximum atomic E-state index is 12.0. The Kier molecular flexibility index (Phi) is 8.48. The first-order valence-corrected chi connectivity index (χ1v) is 7.82. The van der Waals surface area contributed by atoms with Gasteiger partial charge in [-0.15, -0.1) is 12.4 Å². The molecule has 128 valence electrons. The van der Waals surface area contributed by atoms with Crippen LogP contribution in [0.3, 0.4) is 0 Å². The van der Waals surface area contributed by atoms with Crippen LogP contribution in [0, 0.1) is 5.92 Å². The summed E-state index contributed by atoms with van der Waals surface area (Å²) in [6, 6.07) is 9.64. The first-order chi connectivity index (χ1) is 10.6. The van der Waals surface area contributed by atoms with Crippen molar-refractivity contribution in [1.82, 2.24) is 4.90 Å². The Morgan fingerprint density at radius 2 is 1.83 bits per heavy atom. The molecule has 1 aromatic carbocycles. The first kappa shape index (κ1) is 19.3. The lowest BCUT2D eigenvalue weighted by Crippen LogP contribution is -2.38. The van der Waals surface area contributed by atoms with E-state index in [4.69, 9.17) is 9.84 Å². The Morgan fingerprint density at radius 1 is 1.17 bits per heavy atom. The number of carboxylic acid groups (broad SMARTS) is 1. The summed E-state index contributed by atoms with van der Waals surface area (Å²) in [5.74, 6) is -0.209. The van der Waals surface area contributed by atoms with Crippen molar-refractivity contribution in [3.8, 4) is 0 Å². The second-order valence-electron chi connectivity index (χ2n) is 5.76. The first-order valence-electron chi connectivity index (χ1n) is 7.82. The molecule has 5 nitrogen and oxygen atoms in total. The van der Waals surface area contributed by atoms with Crippen LogP contribution in [0.2, 0.25) is 0 Å². The summed E-state index contributed by atoms with van der Waals surface area (Å²) in [7, 11) is 0. The van der Waals surface area contributed by atoms with Gasteiger partial charge in [-0.25, -0.2) is 4.79 Å². The lowest BCUT2D eigenvalue weighted by atomic mass is 9.92. The van der Waals surface area contributed by atoms with Crippen LogP contribution in [0.15, 0.2) is 30.3 Å². The number of hydrogen-bond donors (Lipinski definition) is 1. The molecule has 0 spiro atoms. The van der Waals surface area contributed by atoms with E-state index in [1.54, 1.807) is 4.90 Å². The maximum Gasteiger partial charge on any atom is 0.410 e. The predicted molar refractivity (Wildman–Crippen MR) is 89.7 cm³/mol. The molecule has 1 N–H and O–H groups in total. The highest BCUT2D eigenvalue weighted by Crippen LogP contribution is 2.23. The van der Waals surface area contributed by atoms with Crippen LogP contribution in [0.1, 0.15) is 37.7 Å². The van der Waals surface area contributed by atoms with Crippen LogP contribution in [0.25, 0.3) is 0 Å². The molecule has 1 aliphatic heterocycles. The van der Waals surface area contributed by atoms with E-state index in [-0.39, 0.29) is 24.9 Å². The van der Waals surface area contributed by atoms with Gasteiger partial charge in [0, 0.05) is 19.5 Å². The standard InChI is InChI=1S/C17H23NO4.ClH/c19-16(20)8-4-7-14-9-11-18(12-10-14)17(21)22-13-15-5-2-1-3-6-15;/h1-3,5-6,14H,4,7-13H2,(H,19,20);1H. The fraction of sp³-hybridized carbons (Fsp3) is 0.529. The van der Waals surface area contributed by atoms with Crippen molar-refractivity contribution < 1.29 is 19.4 Å². The molecular weight excluding hydrogens is 318 g/mol. The number of piperidine rings is 1. The van der Waals surface area contributed by atoms with Gasteiger partial charge in [0.1, 0.15) is 6.61 Å². The lowest BCUT2D eigenvalue weighted by Gasteiger charge is -2.31. The van der Waals surface area contributed by atoms with Crippen LogP contribution in [-0.2, 0) is 16.1 Å². The summed E-state index contributed by atoms with van der Waals surface area (Å²) in [6.07, 6.45) is 3.49. The second kappa shape index (κ2) is 10.1. The molecule has 1 fully saturated rings. The van der Waals surface area contributed by atoms with E-state index in [0.29, 0.717) is 25.6 Å². The fourth-order valence-electron chi connectivity index (χ4n) is 2.76. The third-order valence-corrected chi connectivity index (χ3v) is 4.08. The Morgan fingerprint density at radius 3 is 2.43 bits per heavy atom. The third-order valence-electron chi connectivity index (χ3n) is 4.08. The molecule has 2 rings (SSSR count). The number of ether oxygens (including phenoxy) is 1. The van der Waals surface area contributed by atoms with Crippen molar-refractivity contribution in [2.45, 2.75) is 38.7 Å². The zero-order valence-corrected chi connectivity index (χ0v) is 14.0. The number of carbonyl (C=O) groups excluding carboxylic acids is 1. The van der Waals surface area contributed by atoms with E-state index >= 15 is 0 Å². The Balaban J connectivity index is 0.00000264. The average Bonchev–Trinajstić information content (AvgIpc) is 2.54. The molecule has 1 aliphatic rings. The minimum absolute atomic E-state index is 0. The summed E-state index contributed by atoms with van der Waals surface area (Å²) in [5.41, 5.74) is 0.986. The van der Waals surface area contributed by atoms with E-state index in [9.17, 15) is 9.59 Å². The summed E-state index contributed by atoms with van der Waals surface area (Å²) >= 11 is 0. The molecule has 0 atom stereocenters. The number of hydrogen-bond acceptors (Lipinski definition) is 3. The van der Waals surface area contributed by atoms with Crippen molar-refractivity contribution in [3.63, 3.8) is 0 Å². The number of benzene rings is 1. The lowest BCUT2D eigenvalue weighted by molar-refractivity contribution is -0.137. The van der Waals surface area contributed by atoms with Crippen molar-refractivity contribution >= 4 is 24.5 Å². The summed E-state index contributed by atoms with van der Waals surface area (Å²) in [6.45, 7) is 1.70. The zero-order valence-electron chi connectivity index (χ0n) is 13.1. The topological polar surface area (TPSA) is 66.8 Å². The summed E-state index contributed by atoms with van der Waals surface area (Å²) < 4.78 is 5.32. The molecule has 0 aliphatic carbocycles. The summed E-state index contributed by atoms with van der Waals surface area (Å²) in [5, 5.41) is 8.64. The number of carbonyl (C=O) groups is 2. The average molecular weight is 342 g/mol. The number of amides is 1. The normalized spacial score (nSPS) is 14.9.